The zero-order chi connectivity index (χ0) is 16.0. The fraction of sp³-hybridized carbons (Fsp3) is 0.467. The Hall–Kier alpha value is -1.95. The quantitative estimate of drug-likeness (QED) is 0.808. The van der Waals surface area contributed by atoms with Crippen LogP contribution in [0.25, 0.3) is 0 Å². The molecule has 0 spiro atoms. The number of hydrogen-bond donors (Lipinski definition) is 2. The van der Waals surface area contributed by atoms with Crippen molar-refractivity contribution in [1.82, 2.24) is 4.90 Å². The molecule has 0 saturated heterocycles. The Bertz CT molecular complexity index is 518. The maximum atomic E-state index is 13.4. The van der Waals surface area contributed by atoms with E-state index < -0.39 is 11.8 Å². The average molecular weight is 296 g/mol. The molecule has 5 nitrogen and oxygen atoms in total. The van der Waals surface area contributed by atoms with E-state index in [-0.39, 0.29) is 24.9 Å². The number of aliphatic carboxylic acids is 1. The second kappa shape index (κ2) is 7.73. The smallest absolute Gasteiger partial charge is 0.317 e. The lowest BCUT2D eigenvalue weighted by molar-refractivity contribution is -0.138. The van der Waals surface area contributed by atoms with E-state index in [1.807, 2.05) is 13.8 Å². The van der Waals surface area contributed by atoms with Crippen LogP contribution in [-0.2, 0) is 9.59 Å². The van der Waals surface area contributed by atoms with E-state index in [2.05, 4.69) is 5.32 Å². The first-order valence-corrected chi connectivity index (χ1v) is 6.78. The molecular formula is C15H21FN2O3. The molecule has 1 aromatic rings. The monoisotopic (exact) mass is 296 g/mol. The van der Waals surface area contributed by atoms with E-state index in [0.29, 0.717) is 17.8 Å². The Balaban J connectivity index is 2.64. The third-order valence-electron chi connectivity index (χ3n) is 2.81. The number of nitrogens with one attached hydrogen (secondary N) is 1. The number of halogens is 1. The van der Waals surface area contributed by atoms with Crippen LogP contribution in [0.3, 0.4) is 0 Å². The molecule has 0 fully saturated rings. The number of carboxylic acid groups (broad SMARTS) is 1. The van der Waals surface area contributed by atoms with E-state index in [1.54, 1.807) is 24.0 Å². The molecule has 0 saturated carbocycles. The SMILES string of the molecule is Cc1ccc(NC(=O)CN(CC(=O)O)CC(C)C)cc1F. The van der Waals surface area contributed by atoms with Crippen LogP contribution in [0.2, 0.25) is 0 Å². The van der Waals surface area contributed by atoms with Crippen LogP contribution < -0.4 is 5.32 Å². The van der Waals surface area contributed by atoms with E-state index in [0.717, 1.165) is 0 Å². The molecule has 1 amide bonds. The third-order valence-corrected chi connectivity index (χ3v) is 2.81. The van der Waals surface area contributed by atoms with Gasteiger partial charge in [-0.3, -0.25) is 14.5 Å². The van der Waals surface area contributed by atoms with Crippen LogP contribution in [0, 0.1) is 18.7 Å². The van der Waals surface area contributed by atoms with E-state index >= 15 is 0 Å². The van der Waals surface area contributed by atoms with Crippen molar-refractivity contribution in [3.63, 3.8) is 0 Å². The highest BCUT2D eigenvalue weighted by Crippen LogP contribution is 2.13. The van der Waals surface area contributed by atoms with Gasteiger partial charge in [0.1, 0.15) is 5.82 Å². The Labute approximate surface area is 123 Å². The Kier molecular flexibility index (Phi) is 6.30. The largest absolute Gasteiger partial charge is 0.480 e. The number of rotatable bonds is 7. The van der Waals surface area contributed by atoms with Gasteiger partial charge in [-0.2, -0.15) is 0 Å². The van der Waals surface area contributed by atoms with Gasteiger partial charge in [-0.1, -0.05) is 19.9 Å². The van der Waals surface area contributed by atoms with Gasteiger partial charge in [-0.25, -0.2) is 4.39 Å². The van der Waals surface area contributed by atoms with Crippen molar-refractivity contribution >= 4 is 17.6 Å². The molecular weight excluding hydrogens is 275 g/mol. The van der Waals surface area contributed by atoms with Crippen molar-refractivity contribution in [3.05, 3.63) is 29.6 Å². The number of aryl methyl sites for hydroxylation is 1. The number of amides is 1. The van der Waals surface area contributed by atoms with Crippen LogP contribution >= 0.6 is 0 Å². The number of hydrogen-bond acceptors (Lipinski definition) is 3. The molecule has 0 bridgehead atoms. The fourth-order valence-corrected chi connectivity index (χ4v) is 1.97. The molecule has 6 heteroatoms. The van der Waals surface area contributed by atoms with Crippen molar-refractivity contribution in [2.75, 3.05) is 25.0 Å². The summed E-state index contributed by atoms with van der Waals surface area (Å²) in [7, 11) is 0. The van der Waals surface area contributed by atoms with Crippen LogP contribution in [0.15, 0.2) is 18.2 Å². The second-order valence-corrected chi connectivity index (χ2v) is 5.47. The molecule has 0 unspecified atom stereocenters. The van der Waals surface area contributed by atoms with Crippen molar-refractivity contribution in [2.45, 2.75) is 20.8 Å². The van der Waals surface area contributed by atoms with Crippen molar-refractivity contribution < 1.29 is 19.1 Å². The van der Waals surface area contributed by atoms with Crippen LogP contribution in [0.4, 0.5) is 10.1 Å². The number of carboxylic acids is 1. The topological polar surface area (TPSA) is 69.6 Å². The summed E-state index contributed by atoms with van der Waals surface area (Å²) in [6.07, 6.45) is 0. The van der Waals surface area contributed by atoms with Crippen molar-refractivity contribution in [1.29, 1.82) is 0 Å². The number of carbonyl (C=O) groups is 2. The number of carbonyl (C=O) groups excluding carboxylic acids is 1. The minimum absolute atomic E-state index is 0.0417. The summed E-state index contributed by atoms with van der Waals surface area (Å²) in [6, 6.07) is 4.44. The molecule has 0 aliphatic heterocycles. The van der Waals surface area contributed by atoms with Crippen LogP contribution in [-0.4, -0.2) is 41.5 Å². The summed E-state index contributed by atoms with van der Waals surface area (Å²) in [4.78, 5) is 24.3. The molecule has 0 aliphatic rings. The van der Waals surface area contributed by atoms with Gasteiger partial charge in [0.15, 0.2) is 0 Å². The van der Waals surface area contributed by atoms with Gasteiger partial charge in [-0.05, 0) is 30.5 Å². The van der Waals surface area contributed by atoms with E-state index in [9.17, 15) is 14.0 Å². The zero-order valence-corrected chi connectivity index (χ0v) is 12.5. The Morgan fingerprint density at radius 3 is 2.52 bits per heavy atom. The number of anilines is 1. The normalized spacial score (nSPS) is 11.0. The molecule has 2 N–H and O–H groups in total. The molecule has 0 heterocycles. The first-order valence-electron chi connectivity index (χ1n) is 6.78. The number of nitrogens with zero attached hydrogens (tertiary/aromatic N) is 1. The van der Waals surface area contributed by atoms with E-state index in [1.165, 1.54) is 6.07 Å². The standard InChI is InChI=1S/C15H21FN2O3/c1-10(2)7-18(9-15(20)21)8-14(19)17-12-5-4-11(3)13(16)6-12/h4-6,10H,7-9H2,1-3H3,(H,17,19)(H,20,21). The summed E-state index contributed by atoms with van der Waals surface area (Å²) in [5, 5.41) is 11.4. The summed E-state index contributed by atoms with van der Waals surface area (Å²) in [5.74, 6) is -1.49. The van der Waals surface area contributed by atoms with Crippen LogP contribution in [0.1, 0.15) is 19.4 Å². The summed E-state index contributed by atoms with van der Waals surface area (Å²) in [6.45, 7) is 5.79. The first kappa shape index (κ1) is 17.1. The molecule has 1 rings (SSSR count). The highest BCUT2D eigenvalue weighted by molar-refractivity contribution is 5.92. The first-order chi connectivity index (χ1) is 9.77. The van der Waals surface area contributed by atoms with Crippen LogP contribution in [0.5, 0.6) is 0 Å². The summed E-state index contributed by atoms with van der Waals surface area (Å²) in [5.41, 5.74) is 0.864. The molecule has 0 aromatic heterocycles. The molecule has 0 radical (unpaired) electrons. The summed E-state index contributed by atoms with van der Waals surface area (Å²) < 4.78 is 13.4. The van der Waals surface area contributed by atoms with Gasteiger partial charge < -0.3 is 10.4 Å². The lowest BCUT2D eigenvalue weighted by Gasteiger charge is -2.21. The average Bonchev–Trinajstić information content (AvgIpc) is 2.31. The second-order valence-electron chi connectivity index (χ2n) is 5.47. The molecule has 0 aliphatic carbocycles. The minimum Gasteiger partial charge on any atom is -0.480 e. The van der Waals surface area contributed by atoms with E-state index in [4.69, 9.17) is 5.11 Å². The van der Waals surface area contributed by atoms with Gasteiger partial charge in [0.25, 0.3) is 0 Å². The number of benzene rings is 1. The molecule has 21 heavy (non-hydrogen) atoms. The molecule has 116 valence electrons. The van der Waals surface area contributed by atoms with Gasteiger partial charge >= 0.3 is 5.97 Å². The van der Waals surface area contributed by atoms with Crippen molar-refractivity contribution in [2.24, 2.45) is 5.92 Å². The Morgan fingerprint density at radius 1 is 1.33 bits per heavy atom. The fourth-order valence-electron chi connectivity index (χ4n) is 1.97. The van der Waals surface area contributed by atoms with Gasteiger partial charge in [0.2, 0.25) is 5.91 Å². The predicted molar refractivity (Wildman–Crippen MR) is 78.7 cm³/mol. The van der Waals surface area contributed by atoms with Gasteiger partial charge in [-0.15, -0.1) is 0 Å². The molecule has 1 aromatic carbocycles. The minimum atomic E-state index is -0.982. The van der Waals surface area contributed by atoms with Gasteiger partial charge in [0, 0.05) is 12.2 Å². The van der Waals surface area contributed by atoms with Gasteiger partial charge in [0.05, 0.1) is 13.1 Å². The predicted octanol–water partition coefficient (Wildman–Crippen LogP) is 2.12. The maximum Gasteiger partial charge on any atom is 0.317 e. The Morgan fingerprint density at radius 2 is 2.00 bits per heavy atom. The highest BCUT2D eigenvalue weighted by atomic mass is 19.1. The third kappa shape index (κ3) is 6.35. The van der Waals surface area contributed by atoms with Crippen molar-refractivity contribution in [3.8, 4) is 0 Å². The maximum absolute atomic E-state index is 13.4. The lowest BCUT2D eigenvalue weighted by atomic mass is 10.2. The lowest BCUT2D eigenvalue weighted by Crippen LogP contribution is -2.39. The highest BCUT2D eigenvalue weighted by Gasteiger charge is 2.15. The summed E-state index contributed by atoms with van der Waals surface area (Å²) >= 11 is 0. The zero-order valence-electron chi connectivity index (χ0n) is 12.5. The molecule has 0 atom stereocenters.